The molecule has 1 aliphatic heterocycles. The number of hydrogen-bond donors (Lipinski definition) is 1. The number of thioether (sulfide) groups is 1. The van der Waals surface area contributed by atoms with Crippen molar-refractivity contribution in [2.24, 2.45) is 4.99 Å². The fraction of sp³-hybridized carbons (Fsp3) is 0.250. The molecule has 0 saturated heterocycles. The van der Waals surface area contributed by atoms with E-state index in [2.05, 4.69) is 45.8 Å². The van der Waals surface area contributed by atoms with E-state index >= 15 is 0 Å². The summed E-state index contributed by atoms with van der Waals surface area (Å²) in [4.78, 5) is 28.1. The van der Waals surface area contributed by atoms with Crippen LogP contribution in [0.1, 0.15) is 25.9 Å². The van der Waals surface area contributed by atoms with E-state index in [0.717, 1.165) is 39.6 Å². The van der Waals surface area contributed by atoms with E-state index in [0.29, 0.717) is 29.3 Å². The van der Waals surface area contributed by atoms with Gasteiger partial charge in [0.1, 0.15) is 23.1 Å². The predicted octanol–water partition coefficient (Wildman–Crippen LogP) is 4.58. The number of carbonyl (C=O) groups excluding carboxylic acids is 1. The molecule has 1 N–H and O–H groups in total. The normalized spacial score (nSPS) is 13.2. The van der Waals surface area contributed by atoms with Gasteiger partial charge in [-0.3, -0.25) is 9.36 Å². The molecule has 0 aliphatic carbocycles. The first kappa shape index (κ1) is 21.7. The first-order chi connectivity index (χ1) is 16.0. The molecule has 168 valence electrons. The van der Waals surface area contributed by atoms with Crippen LogP contribution in [0.2, 0.25) is 0 Å². The van der Waals surface area contributed by atoms with Crippen molar-refractivity contribution in [1.82, 2.24) is 14.5 Å². The Kier molecular flexibility index (Phi) is 5.90. The molecule has 0 radical (unpaired) electrons. The molecule has 4 aromatic rings. The second kappa shape index (κ2) is 8.99. The van der Waals surface area contributed by atoms with Crippen LogP contribution in [0.25, 0.3) is 10.9 Å². The van der Waals surface area contributed by atoms with Crippen LogP contribution in [0.4, 0.5) is 5.82 Å². The molecule has 2 aromatic heterocycles. The molecule has 33 heavy (non-hydrogen) atoms. The van der Waals surface area contributed by atoms with Crippen molar-refractivity contribution in [3.63, 3.8) is 0 Å². The number of rotatable bonds is 5. The summed E-state index contributed by atoms with van der Waals surface area (Å²) in [6.07, 6.45) is 2.06. The third-order valence-corrected chi connectivity index (χ3v) is 7.25. The summed E-state index contributed by atoms with van der Waals surface area (Å²) in [6.45, 7) is 5.66. The van der Waals surface area contributed by atoms with Gasteiger partial charge in [-0.2, -0.15) is 4.99 Å². The molecular formula is C24H23N5O2S2. The Balaban J connectivity index is 1.48. The number of aryl methyl sites for hydroxylation is 2. The smallest absolute Gasteiger partial charge is 0.292 e. The molecule has 5 rings (SSSR count). The second-order valence-electron chi connectivity index (χ2n) is 7.72. The highest BCUT2D eigenvalue weighted by Gasteiger charge is 2.18. The number of fused-ring (bicyclic) bond motifs is 3. The van der Waals surface area contributed by atoms with Crippen LogP contribution in [-0.2, 0) is 13.2 Å². The minimum Gasteiger partial charge on any atom is -0.489 e. The minimum absolute atomic E-state index is 0.312. The van der Waals surface area contributed by atoms with Gasteiger partial charge >= 0.3 is 0 Å². The highest BCUT2D eigenvalue weighted by molar-refractivity contribution is 7.98. The number of amides is 1. The Labute approximate surface area is 199 Å². The number of carbonyl (C=O) groups is 1. The molecule has 0 saturated carbocycles. The molecule has 1 amide bonds. The van der Waals surface area contributed by atoms with Gasteiger partial charge in [0.05, 0.1) is 16.2 Å². The van der Waals surface area contributed by atoms with Crippen molar-refractivity contribution < 1.29 is 9.53 Å². The average Bonchev–Trinajstić information content (AvgIpc) is 3.44. The summed E-state index contributed by atoms with van der Waals surface area (Å²) in [7, 11) is 0. The zero-order valence-electron chi connectivity index (χ0n) is 18.6. The number of aromatic nitrogens is 3. The molecule has 9 heteroatoms. The molecule has 3 heterocycles. The average molecular weight is 478 g/mol. The Morgan fingerprint density at radius 1 is 1.21 bits per heavy atom. The SMILES string of the molecule is CSc1ccc(COc2ccc3c4n(c(=NC(=O)c5sc(C)nc5C)nc3c2)CCN4)cc1. The van der Waals surface area contributed by atoms with Crippen LogP contribution in [0.5, 0.6) is 5.75 Å². The number of benzene rings is 2. The molecule has 1 aliphatic rings. The lowest BCUT2D eigenvalue weighted by molar-refractivity contribution is 0.0999. The third kappa shape index (κ3) is 4.38. The van der Waals surface area contributed by atoms with Crippen LogP contribution < -0.4 is 15.7 Å². The molecule has 2 aromatic carbocycles. The molecule has 7 nitrogen and oxygen atoms in total. The largest absolute Gasteiger partial charge is 0.489 e. The summed E-state index contributed by atoms with van der Waals surface area (Å²) in [6, 6.07) is 14.2. The van der Waals surface area contributed by atoms with Crippen molar-refractivity contribution >= 4 is 45.7 Å². The number of nitrogens with one attached hydrogen (secondary N) is 1. The summed E-state index contributed by atoms with van der Waals surface area (Å²) in [5, 5.41) is 5.22. The van der Waals surface area contributed by atoms with Crippen LogP contribution in [0, 0.1) is 13.8 Å². The fourth-order valence-electron chi connectivity index (χ4n) is 3.84. The third-order valence-electron chi connectivity index (χ3n) is 5.45. The van der Waals surface area contributed by atoms with E-state index in [4.69, 9.17) is 9.72 Å². The summed E-state index contributed by atoms with van der Waals surface area (Å²) < 4.78 is 7.98. The topological polar surface area (TPSA) is 81.4 Å². The first-order valence-corrected chi connectivity index (χ1v) is 12.6. The Morgan fingerprint density at radius 3 is 2.76 bits per heavy atom. The maximum absolute atomic E-state index is 12.9. The highest BCUT2D eigenvalue weighted by atomic mass is 32.2. The van der Waals surface area contributed by atoms with Crippen molar-refractivity contribution in [1.29, 1.82) is 0 Å². The Morgan fingerprint density at radius 2 is 2.03 bits per heavy atom. The van der Waals surface area contributed by atoms with Gasteiger partial charge in [-0.25, -0.2) is 9.97 Å². The van der Waals surface area contributed by atoms with Gasteiger partial charge in [-0.15, -0.1) is 23.1 Å². The summed E-state index contributed by atoms with van der Waals surface area (Å²) >= 11 is 3.08. The van der Waals surface area contributed by atoms with E-state index in [1.165, 1.54) is 16.2 Å². The number of nitrogens with zero attached hydrogens (tertiary/aromatic N) is 4. The Bertz CT molecular complexity index is 1420. The Hall–Kier alpha value is -3.17. The molecule has 0 spiro atoms. The van der Waals surface area contributed by atoms with E-state index in [1.54, 1.807) is 11.8 Å². The van der Waals surface area contributed by atoms with Crippen LogP contribution in [0.15, 0.2) is 52.4 Å². The van der Waals surface area contributed by atoms with Crippen molar-refractivity contribution in [3.8, 4) is 5.75 Å². The monoisotopic (exact) mass is 477 g/mol. The number of anilines is 1. The van der Waals surface area contributed by atoms with Gasteiger partial charge in [0.2, 0.25) is 5.62 Å². The van der Waals surface area contributed by atoms with Crippen LogP contribution >= 0.6 is 23.1 Å². The van der Waals surface area contributed by atoms with Gasteiger partial charge in [0.15, 0.2) is 0 Å². The zero-order chi connectivity index (χ0) is 22.9. The molecule has 0 atom stereocenters. The van der Waals surface area contributed by atoms with Gasteiger partial charge < -0.3 is 10.1 Å². The predicted molar refractivity (Wildman–Crippen MR) is 132 cm³/mol. The van der Waals surface area contributed by atoms with E-state index < -0.39 is 0 Å². The van der Waals surface area contributed by atoms with Gasteiger partial charge in [-0.1, -0.05) is 12.1 Å². The fourth-order valence-corrected chi connectivity index (χ4v) is 5.05. The maximum Gasteiger partial charge on any atom is 0.292 e. The van der Waals surface area contributed by atoms with Crippen molar-refractivity contribution in [2.45, 2.75) is 31.9 Å². The first-order valence-electron chi connectivity index (χ1n) is 10.6. The van der Waals surface area contributed by atoms with Gasteiger partial charge in [-0.05, 0) is 49.9 Å². The van der Waals surface area contributed by atoms with E-state index in [9.17, 15) is 4.79 Å². The molecular weight excluding hydrogens is 454 g/mol. The van der Waals surface area contributed by atoms with E-state index in [1.807, 2.05) is 36.6 Å². The lowest BCUT2D eigenvalue weighted by Gasteiger charge is -2.11. The van der Waals surface area contributed by atoms with Crippen molar-refractivity contribution in [3.05, 3.63) is 69.2 Å². The minimum atomic E-state index is -0.312. The van der Waals surface area contributed by atoms with Crippen LogP contribution in [0.3, 0.4) is 0 Å². The zero-order valence-corrected chi connectivity index (χ0v) is 20.2. The lowest BCUT2D eigenvalue weighted by atomic mass is 10.2. The lowest BCUT2D eigenvalue weighted by Crippen LogP contribution is -2.24. The standard InChI is InChI=1S/C24H23N5O2S2/c1-14-21(33-15(2)26-14)23(30)28-24-27-20-12-17(6-9-19(20)22-25-10-11-29(22)24)31-13-16-4-7-18(32-3)8-5-16/h4-9,12,25H,10-11,13H2,1-3H3. The van der Waals surface area contributed by atoms with Crippen LogP contribution in [-0.4, -0.2) is 33.2 Å². The van der Waals surface area contributed by atoms with Gasteiger partial charge in [0.25, 0.3) is 5.91 Å². The second-order valence-corrected chi connectivity index (χ2v) is 9.80. The van der Waals surface area contributed by atoms with Gasteiger partial charge in [0, 0.05) is 29.4 Å². The summed E-state index contributed by atoms with van der Waals surface area (Å²) in [5.74, 6) is 1.33. The van der Waals surface area contributed by atoms with E-state index in [-0.39, 0.29) is 5.91 Å². The number of thiazole rings is 1. The quantitative estimate of drug-likeness (QED) is 0.424. The maximum atomic E-state index is 12.9. The molecule has 0 bridgehead atoms. The summed E-state index contributed by atoms with van der Waals surface area (Å²) in [5.41, 5.74) is 2.92. The number of hydrogen-bond acceptors (Lipinski definition) is 7. The molecule has 0 unspecified atom stereocenters. The number of ether oxygens (including phenoxy) is 1. The van der Waals surface area contributed by atoms with Crippen molar-refractivity contribution in [2.75, 3.05) is 18.1 Å². The highest BCUT2D eigenvalue weighted by Crippen LogP contribution is 2.27. The molecule has 0 fully saturated rings.